The van der Waals surface area contributed by atoms with Crippen molar-refractivity contribution in [3.05, 3.63) is 24.3 Å². The smallest absolute Gasteiger partial charge is 0.191 e. The van der Waals surface area contributed by atoms with Crippen molar-refractivity contribution in [3.63, 3.8) is 0 Å². The van der Waals surface area contributed by atoms with Gasteiger partial charge in [0.05, 0.1) is 12.7 Å². The molecule has 2 aliphatic rings. The highest BCUT2D eigenvalue weighted by Crippen LogP contribution is 2.27. The fourth-order valence-electron chi connectivity index (χ4n) is 3.29. The van der Waals surface area contributed by atoms with Gasteiger partial charge < -0.3 is 25.4 Å². The number of guanidine groups is 1. The van der Waals surface area contributed by atoms with Crippen molar-refractivity contribution in [2.24, 2.45) is 4.99 Å². The quantitative estimate of drug-likeness (QED) is 0.541. The van der Waals surface area contributed by atoms with E-state index in [1.807, 2.05) is 12.1 Å². The number of ether oxygens (including phenoxy) is 1. The lowest BCUT2D eigenvalue weighted by Gasteiger charge is -2.25. The third kappa shape index (κ3) is 4.73. The van der Waals surface area contributed by atoms with Crippen LogP contribution in [-0.4, -0.2) is 68.0 Å². The van der Waals surface area contributed by atoms with Gasteiger partial charge in [-0.15, -0.1) is 0 Å². The number of rotatable bonds is 5. The number of aliphatic hydroxyl groups is 1. The van der Waals surface area contributed by atoms with Crippen LogP contribution in [0.1, 0.15) is 12.8 Å². The molecule has 3 rings (SSSR count). The molecular weight excluding hydrogens is 336 g/mol. The van der Waals surface area contributed by atoms with Crippen LogP contribution >= 0.6 is 11.8 Å². The Kier molecular flexibility index (Phi) is 5.96. The van der Waals surface area contributed by atoms with Gasteiger partial charge in [0.2, 0.25) is 0 Å². The van der Waals surface area contributed by atoms with E-state index in [1.165, 1.54) is 5.69 Å². The highest BCUT2D eigenvalue weighted by atomic mass is 32.2. The second kappa shape index (κ2) is 8.19. The van der Waals surface area contributed by atoms with E-state index < -0.39 is 5.60 Å². The molecule has 138 valence electrons. The number of nitrogens with zero attached hydrogens (tertiary/aromatic N) is 2. The number of aliphatic imine (C=N–C) groups is 1. The van der Waals surface area contributed by atoms with Crippen molar-refractivity contribution >= 4 is 23.4 Å². The zero-order chi connectivity index (χ0) is 17.7. The Hall–Kier alpha value is -1.60. The number of anilines is 1. The lowest BCUT2D eigenvalue weighted by atomic mass is 10.0. The number of thioether (sulfide) groups is 1. The average Bonchev–Trinajstić information content (AvgIpc) is 3.28. The van der Waals surface area contributed by atoms with E-state index in [-0.39, 0.29) is 0 Å². The molecule has 0 bridgehead atoms. The fourth-order valence-corrected chi connectivity index (χ4v) is 4.59. The molecule has 0 radical (unpaired) electrons. The monoisotopic (exact) mass is 364 g/mol. The minimum absolute atomic E-state index is 0.338. The first-order valence-corrected chi connectivity index (χ1v) is 9.94. The normalized spacial score (nSPS) is 26.8. The van der Waals surface area contributed by atoms with Crippen LogP contribution in [0.25, 0.3) is 0 Å². The summed E-state index contributed by atoms with van der Waals surface area (Å²) in [6.45, 7) is 2.47. The zero-order valence-electron chi connectivity index (χ0n) is 15.0. The van der Waals surface area contributed by atoms with E-state index in [4.69, 9.17) is 4.74 Å². The summed E-state index contributed by atoms with van der Waals surface area (Å²) in [5.41, 5.74) is 0.578. The molecule has 0 saturated carbocycles. The molecule has 6 nitrogen and oxygen atoms in total. The van der Waals surface area contributed by atoms with Gasteiger partial charge in [0.1, 0.15) is 5.75 Å². The molecular formula is C18H28N4O2S. The van der Waals surface area contributed by atoms with Gasteiger partial charge in [0.15, 0.2) is 5.96 Å². The minimum atomic E-state index is -0.607. The minimum Gasteiger partial charge on any atom is -0.497 e. The van der Waals surface area contributed by atoms with Crippen LogP contribution in [0.3, 0.4) is 0 Å². The maximum atomic E-state index is 10.5. The first-order chi connectivity index (χ1) is 12.1. The number of hydrogen-bond donors (Lipinski definition) is 3. The summed E-state index contributed by atoms with van der Waals surface area (Å²) >= 11 is 1.81. The molecule has 2 atom stereocenters. The van der Waals surface area contributed by atoms with E-state index in [1.54, 1.807) is 25.9 Å². The van der Waals surface area contributed by atoms with E-state index in [0.717, 1.165) is 49.1 Å². The Morgan fingerprint density at radius 2 is 2.40 bits per heavy atom. The maximum Gasteiger partial charge on any atom is 0.191 e. The maximum absolute atomic E-state index is 10.5. The van der Waals surface area contributed by atoms with E-state index in [9.17, 15) is 5.11 Å². The Morgan fingerprint density at radius 1 is 1.52 bits per heavy atom. The molecule has 0 aromatic heterocycles. The predicted molar refractivity (Wildman–Crippen MR) is 105 cm³/mol. The lowest BCUT2D eigenvalue weighted by molar-refractivity contribution is 0.0724. The van der Waals surface area contributed by atoms with Gasteiger partial charge in [-0.05, 0) is 30.7 Å². The molecule has 3 N–H and O–H groups in total. The number of hydrogen-bond acceptors (Lipinski definition) is 5. The Morgan fingerprint density at radius 3 is 3.12 bits per heavy atom. The predicted octanol–water partition coefficient (Wildman–Crippen LogP) is 1.31. The first-order valence-electron chi connectivity index (χ1n) is 8.78. The molecule has 7 heteroatoms. The molecule has 25 heavy (non-hydrogen) atoms. The molecule has 2 aliphatic heterocycles. The topological polar surface area (TPSA) is 69.1 Å². The van der Waals surface area contributed by atoms with Gasteiger partial charge in [-0.1, -0.05) is 6.07 Å². The number of nitrogens with one attached hydrogen (secondary N) is 2. The van der Waals surface area contributed by atoms with Crippen LogP contribution in [0.4, 0.5) is 5.69 Å². The standard InChI is InChI=1S/C18H28N4O2S/c1-19-17(20-12-18(23)7-9-25-13-18)21-14-6-8-22(11-14)15-4-3-5-16(10-15)24-2/h3-5,10,14,23H,6-9,11-13H2,1-2H3,(H2,19,20,21). The number of benzene rings is 1. The van der Waals surface area contributed by atoms with Crippen LogP contribution in [0.5, 0.6) is 5.75 Å². The Labute approximate surface area is 154 Å². The lowest BCUT2D eigenvalue weighted by Crippen LogP contribution is -2.50. The fraction of sp³-hybridized carbons (Fsp3) is 0.611. The van der Waals surface area contributed by atoms with Crippen molar-refractivity contribution < 1.29 is 9.84 Å². The molecule has 1 aromatic carbocycles. The van der Waals surface area contributed by atoms with E-state index >= 15 is 0 Å². The largest absolute Gasteiger partial charge is 0.497 e. The summed E-state index contributed by atoms with van der Waals surface area (Å²) < 4.78 is 5.32. The van der Waals surface area contributed by atoms with Crippen molar-refractivity contribution in [1.82, 2.24) is 10.6 Å². The second-order valence-electron chi connectivity index (χ2n) is 6.73. The van der Waals surface area contributed by atoms with Crippen molar-refractivity contribution in [2.45, 2.75) is 24.5 Å². The van der Waals surface area contributed by atoms with Gasteiger partial charge in [-0.2, -0.15) is 11.8 Å². The van der Waals surface area contributed by atoms with Gasteiger partial charge in [-0.25, -0.2) is 0 Å². The van der Waals surface area contributed by atoms with Crippen molar-refractivity contribution in [1.29, 1.82) is 0 Å². The van der Waals surface area contributed by atoms with Gasteiger partial charge in [0, 0.05) is 50.2 Å². The SMILES string of the molecule is CN=C(NCC1(O)CCSC1)NC1CCN(c2cccc(OC)c2)C1. The van der Waals surface area contributed by atoms with Crippen LogP contribution in [-0.2, 0) is 0 Å². The van der Waals surface area contributed by atoms with E-state index in [2.05, 4.69) is 32.7 Å². The molecule has 0 spiro atoms. The molecule has 2 saturated heterocycles. The van der Waals surface area contributed by atoms with Crippen LogP contribution in [0.15, 0.2) is 29.3 Å². The second-order valence-corrected chi connectivity index (χ2v) is 7.84. The van der Waals surface area contributed by atoms with E-state index in [0.29, 0.717) is 12.6 Å². The average molecular weight is 365 g/mol. The summed E-state index contributed by atoms with van der Waals surface area (Å²) in [6.07, 6.45) is 1.90. The molecule has 0 aliphatic carbocycles. The Bertz CT molecular complexity index is 604. The summed E-state index contributed by atoms with van der Waals surface area (Å²) in [6, 6.07) is 8.52. The Balaban J connectivity index is 1.51. The molecule has 1 aromatic rings. The van der Waals surface area contributed by atoms with Crippen LogP contribution in [0, 0.1) is 0 Å². The summed E-state index contributed by atoms with van der Waals surface area (Å²) in [4.78, 5) is 6.66. The molecule has 2 unspecified atom stereocenters. The van der Waals surface area contributed by atoms with Crippen molar-refractivity contribution in [3.8, 4) is 5.75 Å². The summed E-state index contributed by atoms with van der Waals surface area (Å²) in [5, 5.41) is 17.2. The summed E-state index contributed by atoms with van der Waals surface area (Å²) in [5.74, 6) is 3.48. The van der Waals surface area contributed by atoms with Gasteiger partial charge in [-0.3, -0.25) is 4.99 Å². The highest BCUT2D eigenvalue weighted by Gasteiger charge is 2.32. The molecule has 2 fully saturated rings. The third-order valence-corrected chi connectivity index (χ3v) is 6.07. The third-order valence-electron chi connectivity index (χ3n) is 4.84. The first kappa shape index (κ1) is 18.2. The molecule has 2 heterocycles. The summed E-state index contributed by atoms with van der Waals surface area (Å²) in [7, 11) is 3.47. The van der Waals surface area contributed by atoms with Crippen LogP contribution < -0.4 is 20.3 Å². The highest BCUT2D eigenvalue weighted by molar-refractivity contribution is 7.99. The van der Waals surface area contributed by atoms with Gasteiger partial charge >= 0.3 is 0 Å². The molecule has 0 amide bonds. The van der Waals surface area contributed by atoms with Crippen molar-refractivity contribution in [2.75, 3.05) is 50.2 Å². The van der Waals surface area contributed by atoms with Gasteiger partial charge in [0.25, 0.3) is 0 Å². The van der Waals surface area contributed by atoms with Crippen LogP contribution in [0.2, 0.25) is 0 Å². The number of methoxy groups -OCH3 is 1. The zero-order valence-corrected chi connectivity index (χ0v) is 15.8.